The largest absolute Gasteiger partial charge is 0.339 e. The summed E-state index contributed by atoms with van der Waals surface area (Å²) in [6, 6.07) is 17.1. The molecule has 1 heterocycles. The minimum absolute atomic E-state index is 0.123. The third-order valence-electron chi connectivity index (χ3n) is 3.36. The number of halogens is 2. The molecule has 0 saturated heterocycles. The van der Waals surface area contributed by atoms with Crippen LogP contribution in [0.3, 0.4) is 0 Å². The van der Waals surface area contributed by atoms with Gasteiger partial charge in [0.05, 0.1) is 27.4 Å². The van der Waals surface area contributed by atoms with Crippen LogP contribution in [0, 0.1) is 11.3 Å². The van der Waals surface area contributed by atoms with Gasteiger partial charge in [-0.1, -0.05) is 35.3 Å². The Morgan fingerprint density at radius 1 is 1.04 bits per heavy atom. The fraction of sp³-hybridized carbons (Fsp3) is 0. The van der Waals surface area contributed by atoms with Crippen molar-refractivity contribution in [3.05, 3.63) is 75.9 Å². The maximum atomic E-state index is 12.3. The lowest BCUT2D eigenvalue weighted by atomic mass is 10.2. The molecule has 0 bridgehead atoms. The molecule has 0 unspecified atom stereocenters. The summed E-state index contributed by atoms with van der Waals surface area (Å²) in [5, 5.41) is 23.0. The lowest BCUT2D eigenvalue weighted by Gasteiger charge is -2.08. The smallest absolute Gasteiger partial charge is 0.276 e. The number of carbonyl (C=O) groups excluding carboxylic acids is 1. The van der Waals surface area contributed by atoms with Crippen LogP contribution in [0.2, 0.25) is 10.0 Å². The number of nitriles is 1. The number of amides is 1. The highest BCUT2D eigenvalue weighted by Crippen LogP contribution is 2.29. The molecule has 0 radical (unpaired) electrons. The molecule has 6 nitrogen and oxygen atoms in total. The van der Waals surface area contributed by atoms with E-state index in [1.54, 1.807) is 48.5 Å². The van der Waals surface area contributed by atoms with Gasteiger partial charge < -0.3 is 10.6 Å². The van der Waals surface area contributed by atoms with Crippen LogP contribution in [0.25, 0.3) is 0 Å². The molecule has 0 atom stereocenters. The molecule has 128 valence electrons. The average molecular weight is 384 g/mol. The second kappa shape index (κ2) is 7.83. The number of carbonyl (C=O) groups is 1. The van der Waals surface area contributed by atoms with E-state index >= 15 is 0 Å². The molecule has 8 heteroatoms. The van der Waals surface area contributed by atoms with Crippen molar-refractivity contribution in [3.63, 3.8) is 0 Å². The van der Waals surface area contributed by atoms with Crippen molar-refractivity contribution in [2.24, 2.45) is 0 Å². The van der Waals surface area contributed by atoms with Crippen LogP contribution in [-0.4, -0.2) is 16.1 Å². The topological polar surface area (TPSA) is 90.7 Å². The molecule has 3 aromatic rings. The van der Waals surface area contributed by atoms with Gasteiger partial charge in [-0.25, -0.2) is 0 Å². The van der Waals surface area contributed by atoms with Crippen LogP contribution in [0.15, 0.2) is 54.6 Å². The number of nitrogens with zero attached hydrogens (tertiary/aromatic N) is 3. The van der Waals surface area contributed by atoms with E-state index in [2.05, 4.69) is 26.9 Å². The summed E-state index contributed by atoms with van der Waals surface area (Å²) >= 11 is 12.0. The molecular formula is C18H11Cl2N5O. The molecule has 1 aromatic heterocycles. The summed E-state index contributed by atoms with van der Waals surface area (Å²) in [7, 11) is 0. The molecule has 2 N–H and O–H groups in total. The normalized spacial score (nSPS) is 10.0. The first-order chi connectivity index (χ1) is 12.6. The van der Waals surface area contributed by atoms with E-state index in [4.69, 9.17) is 28.5 Å². The van der Waals surface area contributed by atoms with E-state index in [0.717, 1.165) is 0 Å². The SMILES string of the molecule is N#Cc1cccc(Nc2ccc(C(=O)Nc3cccc(Cl)c3Cl)nn2)c1. The number of rotatable bonds is 4. The highest BCUT2D eigenvalue weighted by molar-refractivity contribution is 6.44. The third-order valence-corrected chi connectivity index (χ3v) is 4.18. The number of anilines is 3. The standard InChI is InChI=1S/C18H11Cl2N5O/c19-13-5-2-6-14(17(13)20)23-18(26)15-7-8-16(25-24-15)22-12-4-1-3-11(9-12)10-21/h1-9H,(H,22,25)(H,23,26). The van der Waals surface area contributed by atoms with Gasteiger partial charge >= 0.3 is 0 Å². The Labute approximate surface area is 159 Å². The number of hydrogen-bond acceptors (Lipinski definition) is 5. The maximum absolute atomic E-state index is 12.3. The van der Waals surface area contributed by atoms with Gasteiger partial charge in [0.15, 0.2) is 11.5 Å². The summed E-state index contributed by atoms with van der Waals surface area (Å²) < 4.78 is 0. The molecule has 0 aliphatic rings. The molecule has 0 spiro atoms. The Morgan fingerprint density at radius 3 is 2.58 bits per heavy atom. The number of benzene rings is 2. The molecular weight excluding hydrogens is 373 g/mol. The third kappa shape index (κ3) is 4.09. The zero-order chi connectivity index (χ0) is 18.5. The summed E-state index contributed by atoms with van der Waals surface area (Å²) in [4.78, 5) is 12.3. The molecule has 2 aromatic carbocycles. The summed E-state index contributed by atoms with van der Waals surface area (Å²) in [5.74, 6) is -0.0166. The summed E-state index contributed by atoms with van der Waals surface area (Å²) in [5.41, 5.74) is 1.73. The van der Waals surface area contributed by atoms with E-state index in [9.17, 15) is 4.79 Å². The fourth-order valence-electron chi connectivity index (χ4n) is 2.12. The molecule has 0 fully saturated rings. The second-order valence-electron chi connectivity index (χ2n) is 5.18. The predicted molar refractivity (Wildman–Crippen MR) is 101 cm³/mol. The van der Waals surface area contributed by atoms with E-state index in [1.165, 1.54) is 6.07 Å². The molecule has 0 aliphatic carbocycles. The van der Waals surface area contributed by atoms with Crippen molar-refractivity contribution in [1.29, 1.82) is 5.26 Å². The quantitative estimate of drug-likeness (QED) is 0.683. The van der Waals surface area contributed by atoms with Crippen LogP contribution in [-0.2, 0) is 0 Å². The first kappa shape index (κ1) is 17.7. The lowest BCUT2D eigenvalue weighted by molar-refractivity contribution is 0.102. The van der Waals surface area contributed by atoms with Gasteiger partial charge in [-0.15, -0.1) is 10.2 Å². The van der Waals surface area contributed by atoms with Crippen LogP contribution in [0.1, 0.15) is 16.1 Å². The molecule has 0 aliphatic heterocycles. The fourth-order valence-corrected chi connectivity index (χ4v) is 2.47. The monoisotopic (exact) mass is 383 g/mol. The minimum atomic E-state index is -0.459. The first-order valence-electron chi connectivity index (χ1n) is 7.43. The predicted octanol–water partition coefficient (Wildman–Crippen LogP) is 4.65. The Morgan fingerprint density at radius 2 is 1.85 bits per heavy atom. The molecule has 26 heavy (non-hydrogen) atoms. The molecule has 3 rings (SSSR count). The Bertz CT molecular complexity index is 999. The summed E-state index contributed by atoms with van der Waals surface area (Å²) in [6.07, 6.45) is 0. The van der Waals surface area contributed by atoms with Crippen molar-refractivity contribution in [2.45, 2.75) is 0 Å². The van der Waals surface area contributed by atoms with Gasteiger partial charge in [0.25, 0.3) is 5.91 Å². The van der Waals surface area contributed by atoms with Gasteiger partial charge in [-0.05, 0) is 42.5 Å². The van der Waals surface area contributed by atoms with Gasteiger partial charge in [-0.2, -0.15) is 5.26 Å². The van der Waals surface area contributed by atoms with E-state index in [-0.39, 0.29) is 10.7 Å². The first-order valence-corrected chi connectivity index (χ1v) is 8.18. The Balaban J connectivity index is 1.71. The van der Waals surface area contributed by atoms with E-state index in [1.807, 2.05) is 0 Å². The van der Waals surface area contributed by atoms with E-state index in [0.29, 0.717) is 27.8 Å². The van der Waals surface area contributed by atoms with Gasteiger partial charge in [0.1, 0.15) is 0 Å². The lowest BCUT2D eigenvalue weighted by Crippen LogP contribution is -2.15. The van der Waals surface area contributed by atoms with Crippen LogP contribution in [0.5, 0.6) is 0 Å². The highest BCUT2D eigenvalue weighted by atomic mass is 35.5. The van der Waals surface area contributed by atoms with Crippen molar-refractivity contribution in [1.82, 2.24) is 10.2 Å². The zero-order valence-corrected chi connectivity index (χ0v) is 14.7. The Kier molecular flexibility index (Phi) is 5.32. The van der Waals surface area contributed by atoms with Crippen molar-refractivity contribution in [3.8, 4) is 6.07 Å². The van der Waals surface area contributed by atoms with Crippen molar-refractivity contribution >= 4 is 46.3 Å². The van der Waals surface area contributed by atoms with Crippen molar-refractivity contribution in [2.75, 3.05) is 10.6 Å². The second-order valence-corrected chi connectivity index (χ2v) is 5.96. The maximum Gasteiger partial charge on any atom is 0.276 e. The zero-order valence-electron chi connectivity index (χ0n) is 13.2. The van der Waals surface area contributed by atoms with Gasteiger partial charge in [0.2, 0.25) is 0 Å². The molecule has 0 saturated carbocycles. The van der Waals surface area contributed by atoms with Crippen LogP contribution >= 0.6 is 23.2 Å². The Hall–Kier alpha value is -3.14. The number of nitrogens with one attached hydrogen (secondary N) is 2. The van der Waals surface area contributed by atoms with Crippen LogP contribution in [0.4, 0.5) is 17.2 Å². The minimum Gasteiger partial charge on any atom is -0.339 e. The van der Waals surface area contributed by atoms with Gasteiger partial charge in [-0.3, -0.25) is 4.79 Å². The van der Waals surface area contributed by atoms with Crippen LogP contribution < -0.4 is 10.6 Å². The van der Waals surface area contributed by atoms with Crippen molar-refractivity contribution < 1.29 is 4.79 Å². The summed E-state index contributed by atoms with van der Waals surface area (Å²) in [6.45, 7) is 0. The number of aromatic nitrogens is 2. The molecule has 1 amide bonds. The highest BCUT2D eigenvalue weighted by Gasteiger charge is 2.12. The average Bonchev–Trinajstić information content (AvgIpc) is 2.66. The number of hydrogen-bond donors (Lipinski definition) is 2. The van der Waals surface area contributed by atoms with E-state index < -0.39 is 5.91 Å². The van der Waals surface area contributed by atoms with Gasteiger partial charge in [0, 0.05) is 5.69 Å².